The van der Waals surface area contributed by atoms with Crippen LogP contribution in [0.2, 0.25) is 0 Å². The van der Waals surface area contributed by atoms with Crippen LogP contribution in [0.1, 0.15) is 56.8 Å². The lowest BCUT2D eigenvalue weighted by Gasteiger charge is -2.10. The first-order valence-corrected chi connectivity index (χ1v) is 10.0. The minimum Gasteiger partial charge on any atom is -0.359 e. The van der Waals surface area contributed by atoms with Crippen molar-refractivity contribution in [2.45, 2.75) is 52.5 Å². The second kappa shape index (κ2) is 9.87. The van der Waals surface area contributed by atoms with Crippen molar-refractivity contribution in [3.05, 3.63) is 47.7 Å². The topological polar surface area (TPSA) is 92.6 Å². The lowest BCUT2D eigenvalue weighted by Crippen LogP contribution is -2.38. The Kier molecular flexibility index (Phi) is 7.00. The van der Waals surface area contributed by atoms with E-state index in [1.807, 2.05) is 41.8 Å². The zero-order valence-electron chi connectivity index (χ0n) is 16.9. The van der Waals surface area contributed by atoms with Crippen LogP contribution in [0.3, 0.4) is 0 Å². The Bertz CT molecular complexity index is 895. The summed E-state index contributed by atoms with van der Waals surface area (Å²) in [6.45, 7) is 8.34. The fourth-order valence-electron chi connectivity index (χ4n) is 3.16. The molecular weight excluding hydrogens is 354 g/mol. The van der Waals surface area contributed by atoms with Gasteiger partial charge in [-0.15, -0.1) is 10.2 Å². The molecular formula is C20H29N7O. The zero-order valence-corrected chi connectivity index (χ0v) is 16.9. The quantitative estimate of drug-likeness (QED) is 0.436. The van der Waals surface area contributed by atoms with Crippen LogP contribution in [-0.2, 0) is 13.0 Å². The van der Waals surface area contributed by atoms with Gasteiger partial charge in [0.1, 0.15) is 12.4 Å². The highest BCUT2D eigenvalue weighted by atomic mass is 16.5. The molecule has 2 N–H and O–H groups in total. The van der Waals surface area contributed by atoms with Gasteiger partial charge in [-0.3, -0.25) is 4.40 Å². The first kappa shape index (κ1) is 19.9. The number of hydrogen-bond donors (Lipinski definition) is 2. The maximum Gasteiger partial charge on any atom is 0.191 e. The smallest absolute Gasteiger partial charge is 0.191 e. The van der Waals surface area contributed by atoms with E-state index in [9.17, 15) is 0 Å². The van der Waals surface area contributed by atoms with Gasteiger partial charge in [-0.1, -0.05) is 25.1 Å². The fraction of sp³-hybridized carbons (Fsp3) is 0.500. The predicted molar refractivity (Wildman–Crippen MR) is 109 cm³/mol. The van der Waals surface area contributed by atoms with Crippen molar-refractivity contribution in [1.29, 1.82) is 0 Å². The second-order valence-corrected chi connectivity index (χ2v) is 6.65. The second-order valence-electron chi connectivity index (χ2n) is 6.65. The van der Waals surface area contributed by atoms with E-state index in [2.05, 4.69) is 44.8 Å². The highest BCUT2D eigenvalue weighted by Gasteiger charge is 2.13. The Labute approximate surface area is 165 Å². The van der Waals surface area contributed by atoms with Crippen molar-refractivity contribution >= 4 is 11.6 Å². The van der Waals surface area contributed by atoms with Crippen LogP contribution >= 0.6 is 0 Å². The molecule has 0 radical (unpaired) electrons. The molecule has 0 bridgehead atoms. The van der Waals surface area contributed by atoms with E-state index in [0.717, 1.165) is 54.7 Å². The molecule has 3 aromatic rings. The maximum atomic E-state index is 5.46. The fourth-order valence-corrected chi connectivity index (χ4v) is 3.16. The lowest BCUT2D eigenvalue weighted by molar-refractivity contribution is 0.372. The number of nitrogens with zero attached hydrogens (tertiary/aromatic N) is 5. The molecule has 0 aliphatic heterocycles. The Morgan fingerprint density at radius 2 is 2.04 bits per heavy atom. The number of rotatable bonds is 9. The van der Waals surface area contributed by atoms with E-state index in [-0.39, 0.29) is 0 Å². The number of nitrogens with one attached hydrogen (secondary N) is 2. The summed E-state index contributed by atoms with van der Waals surface area (Å²) in [5.41, 5.74) is 1.88. The summed E-state index contributed by atoms with van der Waals surface area (Å²) in [4.78, 5) is 4.61. The van der Waals surface area contributed by atoms with Crippen molar-refractivity contribution in [2.24, 2.45) is 4.99 Å². The summed E-state index contributed by atoms with van der Waals surface area (Å²) < 4.78 is 7.45. The molecule has 0 amide bonds. The molecule has 0 aliphatic rings. The first-order chi connectivity index (χ1) is 13.7. The number of aromatic nitrogens is 4. The number of guanidine groups is 1. The van der Waals surface area contributed by atoms with Crippen LogP contribution in [0, 0.1) is 0 Å². The van der Waals surface area contributed by atoms with Crippen LogP contribution in [0.4, 0.5) is 0 Å². The average molecular weight is 384 g/mol. The summed E-state index contributed by atoms with van der Waals surface area (Å²) in [7, 11) is 0. The molecule has 8 nitrogen and oxygen atoms in total. The highest BCUT2D eigenvalue weighted by molar-refractivity contribution is 5.79. The first-order valence-electron chi connectivity index (χ1n) is 10.0. The molecule has 8 heteroatoms. The van der Waals surface area contributed by atoms with Gasteiger partial charge in [0.05, 0.1) is 5.69 Å². The van der Waals surface area contributed by atoms with Gasteiger partial charge >= 0.3 is 0 Å². The summed E-state index contributed by atoms with van der Waals surface area (Å²) >= 11 is 0. The van der Waals surface area contributed by atoms with E-state index in [1.54, 1.807) is 0 Å². The number of hydrogen-bond acceptors (Lipinski definition) is 5. The third-order valence-corrected chi connectivity index (χ3v) is 4.74. The van der Waals surface area contributed by atoms with Crippen LogP contribution in [0.15, 0.2) is 40.0 Å². The summed E-state index contributed by atoms with van der Waals surface area (Å²) in [6.07, 6.45) is 4.85. The summed E-state index contributed by atoms with van der Waals surface area (Å²) in [5.74, 6) is 2.90. The van der Waals surface area contributed by atoms with Crippen LogP contribution < -0.4 is 10.6 Å². The van der Waals surface area contributed by atoms with Crippen molar-refractivity contribution in [3.8, 4) is 0 Å². The van der Waals surface area contributed by atoms with Crippen molar-refractivity contribution in [2.75, 3.05) is 13.1 Å². The van der Waals surface area contributed by atoms with E-state index >= 15 is 0 Å². The molecule has 3 heterocycles. The zero-order chi connectivity index (χ0) is 19.8. The van der Waals surface area contributed by atoms with Crippen LogP contribution in [0.25, 0.3) is 5.65 Å². The van der Waals surface area contributed by atoms with Crippen molar-refractivity contribution in [3.63, 3.8) is 0 Å². The van der Waals surface area contributed by atoms with Gasteiger partial charge in [-0.05, 0) is 31.9 Å². The highest BCUT2D eigenvalue weighted by Crippen LogP contribution is 2.22. The molecule has 0 atom stereocenters. The average Bonchev–Trinajstić information content (AvgIpc) is 3.35. The van der Waals surface area contributed by atoms with E-state index in [0.29, 0.717) is 19.0 Å². The third kappa shape index (κ3) is 4.88. The van der Waals surface area contributed by atoms with Gasteiger partial charge < -0.3 is 15.2 Å². The van der Waals surface area contributed by atoms with Crippen LogP contribution in [-0.4, -0.2) is 38.8 Å². The molecule has 0 fully saturated rings. The Morgan fingerprint density at radius 1 is 1.18 bits per heavy atom. The Balaban J connectivity index is 1.57. The van der Waals surface area contributed by atoms with Gasteiger partial charge in [0.15, 0.2) is 17.4 Å². The van der Waals surface area contributed by atoms with Gasteiger partial charge in [0, 0.05) is 37.7 Å². The Morgan fingerprint density at radius 3 is 2.82 bits per heavy atom. The molecule has 0 saturated heterocycles. The molecule has 28 heavy (non-hydrogen) atoms. The monoisotopic (exact) mass is 383 g/mol. The van der Waals surface area contributed by atoms with Gasteiger partial charge in [-0.2, -0.15) is 0 Å². The van der Waals surface area contributed by atoms with E-state index < -0.39 is 0 Å². The number of aliphatic imine (C=N–C) groups is 1. The van der Waals surface area contributed by atoms with E-state index in [1.165, 1.54) is 0 Å². The molecule has 3 aromatic heterocycles. The SMILES string of the molecule is CCNC(=NCc1cc(C(CC)CC)no1)NCCc1nnc2ccccn12. The van der Waals surface area contributed by atoms with Gasteiger partial charge in [-0.25, -0.2) is 4.99 Å². The minimum atomic E-state index is 0.450. The van der Waals surface area contributed by atoms with Gasteiger partial charge in [0.25, 0.3) is 0 Å². The Hall–Kier alpha value is -2.90. The third-order valence-electron chi connectivity index (χ3n) is 4.74. The summed E-state index contributed by atoms with van der Waals surface area (Å²) in [6, 6.07) is 7.90. The number of pyridine rings is 1. The van der Waals surface area contributed by atoms with E-state index in [4.69, 9.17) is 4.52 Å². The normalized spacial score (nSPS) is 12.1. The number of fused-ring (bicyclic) bond motifs is 1. The molecule has 0 saturated carbocycles. The predicted octanol–water partition coefficient (Wildman–Crippen LogP) is 2.92. The van der Waals surface area contributed by atoms with Gasteiger partial charge in [0.2, 0.25) is 0 Å². The lowest BCUT2D eigenvalue weighted by atomic mass is 9.99. The molecule has 3 rings (SSSR count). The largest absolute Gasteiger partial charge is 0.359 e. The maximum absolute atomic E-state index is 5.46. The molecule has 0 aromatic carbocycles. The molecule has 0 spiro atoms. The minimum absolute atomic E-state index is 0.450. The van der Waals surface area contributed by atoms with Crippen LogP contribution in [0.5, 0.6) is 0 Å². The summed E-state index contributed by atoms with van der Waals surface area (Å²) in [5, 5.41) is 19.2. The molecule has 0 aliphatic carbocycles. The molecule has 150 valence electrons. The standard InChI is InChI=1S/C20H29N7O/c1-4-15(5-2)17-13-16(28-26-17)14-23-20(21-6-3)22-11-10-19-25-24-18-9-7-8-12-27(18)19/h7-9,12-13,15H,4-6,10-11,14H2,1-3H3,(H2,21,22,23). The van der Waals surface area contributed by atoms with Crippen molar-refractivity contribution < 1.29 is 4.52 Å². The van der Waals surface area contributed by atoms with Crippen molar-refractivity contribution in [1.82, 2.24) is 30.4 Å². The molecule has 0 unspecified atom stereocenters.